The number of piperidine rings is 1. The van der Waals surface area contributed by atoms with Gasteiger partial charge in [0.25, 0.3) is 0 Å². The van der Waals surface area contributed by atoms with Gasteiger partial charge in [-0.1, -0.05) is 18.2 Å². The summed E-state index contributed by atoms with van der Waals surface area (Å²) in [5, 5.41) is 9.30. The molecule has 1 saturated heterocycles. The summed E-state index contributed by atoms with van der Waals surface area (Å²) in [5.41, 5.74) is 1.07. The third-order valence-electron chi connectivity index (χ3n) is 2.86. The Hall–Kier alpha value is -1.02. The minimum Gasteiger partial charge on any atom is -0.394 e. The van der Waals surface area contributed by atoms with Crippen molar-refractivity contribution in [3.05, 3.63) is 30.3 Å². The summed E-state index contributed by atoms with van der Waals surface area (Å²) in [6.07, 6.45) is 3.43. The molecule has 1 fully saturated rings. The first-order chi connectivity index (χ1) is 7.31. The molecule has 1 heterocycles. The topological polar surface area (TPSA) is 23.5 Å². The van der Waals surface area contributed by atoms with E-state index < -0.39 is 0 Å². The summed E-state index contributed by atoms with van der Waals surface area (Å²) in [5.74, 6) is 0. The summed E-state index contributed by atoms with van der Waals surface area (Å²) in [7, 11) is 0. The van der Waals surface area contributed by atoms with E-state index in [1.807, 2.05) is 18.2 Å². The molecular formula is C12H17NO. The average Bonchev–Trinajstić information content (AvgIpc) is 2.29. The minimum atomic E-state index is 0.211. The molecule has 0 radical (unpaired) electrons. The van der Waals surface area contributed by atoms with E-state index >= 15 is 0 Å². The third-order valence-corrected chi connectivity index (χ3v) is 2.86. The standard InChI is InChI=1S/C12H17NO/c14-10-12-8-4-5-9-13(12)11-6-2-1-3-7-11/h1-3,6-7,12,14H,4-5,8-10H2/t12-/m0/s1/i2D. The summed E-state index contributed by atoms with van der Waals surface area (Å²) < 4.78 is 7.59. The van der Waals surface area contributed by atoms with Gasteiger partial charge in [0, 0.05) is 12.2 Å². The molecule has 1 N–H and O–H groups in total. The highest BCUT2D eigenvalue weighted by Crippen LogP contribution is 2.23. The monoisotopic (exact) mass is 192 g/mol. The lowest BCUT2D eigenvalue weighted by Gasteiger charge is -2.36. The van der Waals surface area contributed by atoms with Crippen LogP contribution in [-0.2, 0) is 0 Å². The zero-order valence-electron chi connectivity index (χ0n) is 9.32. The maximum absolute atomic E-state index is 9.30. The Balaban J connectivity index is 2.20. The Bertz CT molecular complexity index is 329. The van der Waals surface area contributed by atoms with Crippen molar-refractivity contribution in [2.45, 2.75) is 25.3 Å². The predicted octanol–water partition coefficient (Wildman–Crippen LogP) is 2.04. The van der Waals surface area contributed by atoms with Crippen LogP contribution in [0.4, 0.5) is 5.69 Å². The molecule has 0 aliphatic carbocycles. The second-order valence-corrected chi connectivity index (χ2v) is 3.79. The van der Waals surface area contributed by atoms with Crippen molar-refractivity contribution in [3.63, 3.8) is 0 Å². The van der Waals surface area contributed by atoms with Gasteiger partial charge in [0.1, 0.15) is 0 Å². The van der Waals surface area contributed by atoms with Crippen LogP contribution in [0.25, 0.3) is 0 Å². The number of anilines is 1. The minimum absolute atomic E-state index is 0.211. The molecule has 1 aromatic carbocycles. The Morgan fingerprint density at radius 1 is 1.43 bits per heavy atom. The van der Waals surface area contributed by atoms with E-state index in [1.54, 1.807) is 6.07 Å². The van der Waals surface area contributed by atoms with Crippen LogP contribution in [0, 0.1) is 0 Å². The van der Waals surface area contributed by atoms with Gasteiger partial charge in [0.15, 0.2) is 0 Å². The first kappa shape index (κ1) is 8.30. The molecule has 0 spiro atoms. The summed E-state index contributed by atoms with van der Waals surface area (Å²) in [6.45, 7) is 1.21. The zero-order chi connectivity index (χ0) is 10.7. The van der Waals surface area contributed by atoms with Gasteiger partial charge in [-0.3, -0.25) is 0 Å². The lowest BCUT2D eigenvalue weighted by molar-refractivity contribution is 0.240. The van der Waals surface area contributed by atoms with E-state index in [2.05, 4.69) is 4.90 Å². The Morgan fingerprint density at radius 2 is 2.36 bits per heavy atom. The van der Waals surface area contributed by atoms with E-state index in [-0.39, 0.29) is 12.6 Å². The number of hydrogen-bond acceptors (Lipinski definition) is 2. The lowest BCUT2D eigenvalue weighted by Crippen LogP contribution is -2.41. The van der Waals surface area contributed by atoms with Crippen LogP contribution >= 0.6 is 0 Å². The van der Waals surface area contributed by atoms with Gasteiger partial charge >= 0.3 is 0 Å². The van der Waals surface area contributed by atoms with Gasteiger partial charge in [-0.15, -0.1) is 0 Å². The fraction of sp³-hybridized carbons (Fsp3) is 0.500. The molecule has 0 saturated carbocycles. The van der Waals surface area contributed by atoms with E-state index in [0.29, 0.717) is 6.04 Å². The molecule has 0 amide bonds. The number of aliphatic hydroxyl groups excluding tert-OH is 1. The highest BCUT2D eigenvalue weighted by Gasteiger charge is 2.21. The average molecular weight is 192 g/mol. The highest BCUT2D eigenvalue weighted by molar-refractivity contribution is 5.47. The molecular weight excluding hydrogens is 174 g/mol. The lowest BCUT2D eigenvalue weighted by atomic mass is 10.0. The molecule has 2 nitrogen and oxygen atoms in total. The van der Waals surface area contributed by atoms with Crippen molar-refractivity contribution in [3.8, 4) is 0 Å². The SMILES string of the molecule is [2H]c1cccc(N2CCCC[C@H]2CO)c1. The molecule has 0 aromatic heterocycles. The van der Waals surface area contributed by atoms with Crippen LogP contribution in [-0.4, -0.2) is 24.3 Å². The molecule has 14 heavy (non-hydrogen) atoms. The van der Waals surface area contributed by atoms with Gasteiger partial charge < -0.3 is 10.0 Å². The van der Waals surface area contributed by atoms with Crippen LogP contribution in [0.3, 0.4) is 0 Å². The highest BCUT2D eigenvalue weighted by atomic mass is 16.3. The maximum atomic E-state index is 9.30. The van der Waals surface area contributed by atoms with Crippen molar-refractivity contribution < 1.29 is 6.48 Å². The second kappa shape index (κ2) is 4.47. The van der Waals surface area contributed by atoms with Gasteiger partial charge in [-0.2, -0.15) is 0 Å². The smallest absolute Gasteiger partial charge is 0.0635 e. The molecule has 2 rings (SSSR count). The maximum Gasteiger partial charge on any atom is 0.0635 e. The van der Waals surface area contributed by atoms with Gasteiger partial charge in [0.2, 0.25) is 0 Å². The van der Waals surface area contributed by atoms with Crippen molar-refractivity contribution in [1.29, 1.82) is 0 Å². The first-order valence-electron chi connectivity index (χ1n) is 5.75. The second-order valence-electron chi connectivity index (χ2n) is 3.79. The van der Waals surface area contributed by atoms with Crippen LogP contribution in [0.1, 0.15) is 20.6 Å². The number of aliphatic hydroxyl groups is 1. The predicted molar refractivity (Wildman–Crippen MR) is 58.5 cm³/mol. The van der Waals surface area contributed by atoms with Crippen LogP contribution in [0.5, 0.6) is 0 Å². The zero-order valence-corrected chi connectivity index (χ0v) is 8.32. The van der Waals surface area contributed by atoms with Crippen LogP contribution < -0.4 is 4.90 Å². The number of hydrogen-bond donors (Lipinski definition) is 1. The van der Waals surface area contributed by atoms with Gasteiger partial charge in [-0.05, 0) is 31.4 Å². The molecule has 1 atom stereocenters. The normalized spacial score (nSPS) is 23.4. The molecule has 76 valence electrons. The van der Waals surface area contributed by atoms with Crippen LogP contribution in [0.2, 0.25) is 0 Å². The summed E-state index contributed by atoms with van der Waals surface area (Å²) >= 11 is 0. The number of nitrogens with zero attached hydrogens (tertiary/aromatic N) is 1. The molecule has 1 aliphatic heterocycles. The van der Waals surface area contributed by atoms with E-state index in [9.17, 15) is 5.11 Å². The van der Waals surface area contributed by atoms with E-state index in [4.69, 9.17) is 1.37 Å². The van der Waals surface area contributed by atoms with E-state index in [1.165, 1.54) is 12.8 Å². The molecule has 0 bridgehead atoms. The van der Waals surface area contributed by atoms with Crippen molar-refractivity contribution in [2.75, 3.05) is 18.1 Å². The summed E-state index contributed by atoms with van der Waals surface area (Å²) in [4.78, 5) is 2.22. The molecule has 1 aromatic rings. The van der Waals surface area contributed by atoms with Crippen molar-refractivity contribution in [1.82, 2.24) is 0 Å². The Labute approximate surface area is 86.6 Å². The third kappa shape index (κ3) is 1.90. The number of rotatable bonds is 2. The summed E-state index contributed by atoms with van der Waals surface area (Å²) in [6, 6.07) is 8.34. The number of benzene rings is 1. The van der Waals surface area contributed by atoms with Crippen LogP contribution in [0.15, 0.2) is 30.3 Å². The van der Waals surface area contributed by atoms with E-state index in [0.717, 1.165) is 18.7 Å². The van der Waals surface area contributed by atoms with Gasteiger partial charge in [-0.25, -0.2) is 0 Å². The van der Waals surface area contributed by atoms with Crippen molar-refractivity contribution >= 4 is 5.69 Å². The quantitative estimate of drug-likeness (QED) is 0.775. The molecule has 1 aliphatic rings. The fourth-order valence-electron chi connectivity index (χ4n) is 2.09. The van der Waals surface area contributed by atoms with Gasteiger partial charge in [0.05, 0.1) is 14.0 Å². The molecule has 2 heteroatoms. The Morgan fingerprint density at radius 3 is 3.14 bits per heavy atom. The first-order valence-corrected chi connectivity index (χ1v) is 5.25. The fourth-order valence-corrected chi connectivity index (χ4v) is 2.09. The molecule has 0 unspecified atom stereocenters. The number of para-hydroxylation sites is 1. The largest absolute Gasteiger partial charge is 0.394 e. The Kier molecular flexibility index (Phi) is 2.65. The van der Waals surface area contributed by atoms with Crippen molar-refractivity contribution in [2.24, 2.45) is 0 Å².